The molecular formula is C28H23FN2O2. The average Bonchev–Trinajstić information content (AvgIpc) is 2.85. The van der Waals surface area contributed by atoms with Crippen molar-refractivity contribution >= 4 is 17.5 Å². The Balaban J connectivity index is 1.45. The van der Waals surface area contributed by atoms with Crippen molar-refractivity contribution in [1.29, 1.82) is 0 Å². The van der Waals surface area contributed by atoms with Gasteiger partial charge in [-0.3, -0.25) is 9.59 Å². The van der Waals surface area contributed by atoms with E-state index in [1.54, 1.807) is 6.07 Å². The second kappa shape index (κ2) is 10.4. The smallest absolute Gasteiger partial charge is 0.255 e. The van der Waals surface area contributed by atoms with Crippen LogP contribution in [0.5, 0.6) is 0 Å². The molecule has 33 heavy (non-hydrogen) atoms. The highest BCUT2D eigenvalue weighted by atomic mass is 19.1. The fraction of sp³-hybridized carbons (Fsp3) is 0.0714. The van der Waals surface area contributed by atoms with E-state index in [-0.39, 0.29) is 11.8 Å². The molecule has 4 nitrogen and oxygen atoms in total. The molecular weight excluding hydrogens is 415 g/mol. The summed E-state index contributed by atoms with van der Waals surface area (Å²) in [5, 5.41) is 5.83. The second-order valence-corrected chi connectivity index (χ2v) is 7.63. The predicted octanol–water partition coefficient (Wildman–Crippen LogP) is 5.53. The highest BCUT2D eigenvalue weighted by Crippen LogP contribution is 2.25. The minimum absolute atomic E-state index is 0.104. The summed E-state index contributed by atoms with van der Waals surface area (Å²) in [4.78, 5) is 25.6. The molecule has 0 fully saturated rings. The molecule has 0 unspecified atom stereocenters. The summed E-state index contributed by atoms with van der Waals surface area (Å²) in [6.45, 7) is 0.315. The highest BCUT2D eigenvalue weighted by molar-refractivity contribution is 6.04. The van der Waals surface area contributed by atoms with E-state index in [4.69, 9.17) is 0 Å². The fourth-order valence-electron chi connectivity index (χ4n) is 3.64. The molecule has 0 saturated heterocycles. The number of anilines is 1. The first-order valence-electron chi connectivity index (χ1n) is 10.6. The zero-order valence-electron chi connectivity index (χ0n) is 17.9. The molecule has 0 radical (unpaired) electrons. The van der Waals surface area contributed by atoms with Crippen molar-refractivity contribution in [1.82, 2.24) is 5.32 Å². The van der Waals surface area contributed by atoms with Crippen LogP contribution >= 0.6 is 0 Å². The average molecular weight is 439 g/mol. The lowest BCUT2D eigenvalue weighted by Crippen LogP contribution is -2.29. The van der Waals surface area contributed by atoms with Crippen molar-refractivity contribution in [3.8, 4) is 0 Å². The van der Waals surface area contributed by atoms with Crippen LogP contribution in [0, 0.1) is 5.82 Å². The first kappa shape index (κ1) is 22.0. The number of rotatable bonds is 7. The second-order valence-electron chi connectivity index (χ2n) is 7.63. The van der Waals surface area contributed by atoms with Gasteiger partial charge in [-0.1, -0.05) is 72.8 Å². The maximum absolute atomic E-state index is 13.2. The summed E-state index contributed by atoms with van der Waals surface area (Å²) in [6.07, 6.45) is 0. The van der Waals surface area contributed by atoms with Gasteiger partial charge in [0.25, 0.3) is 5.91 Å². The Kier molecular flexibility index (Phi) is 6.90. The van der Waals surface area contributed by atoms with Gasteiger partial charge in [0, 0.05) is 17.8 Å². The van der Waals surface area contributed by atoms with Gasteiger partial charge in [0.1, 0.15) is 5.82 Å². The predicted molar refractivity (Wildman–Crippen MR) is 127 cm³/mol. The summed E-state index contributed by atoms with van der Waals surface area (Å²) in [5.74, 6) is -1.25. The van der Waals surface area contributed by atoms with E-state index in [1.807, 2.05) is 78.9 Å². The molecule has 0 aliphatic carbocycles. The van der Waals surface area contributed by atoms with E-state index in [1.165, 1.54) is 24.3 Å². The number of amides is 2. The van der Waals surface area contributed by atoms with Crippen LogP contribution in [0.25, 0.3) is 0 Å². The van der Waals surface area contributed by atoms with E-state index in [0.717, 1.165) is 16.7 Å². The van der Waals surface area contributed by atoms with E-state index in [0.29, 0.717) is 17.8 Å². The first-order chi connectivity index (χ1) is 16.1. The van der Waals surface area contributed by atoms with E-state index >= 15 is 0 Å². The van der Waals surface area contributed by atoms with E-state index < -0.39 is 11.7 Å². The minimum atomic E-state index is -0.422. The zero-order chi connectivity index (χ0) is 23.0. The molecule has 2 N–H and O–H groups in total. The standard InChI is InChI=1S/C28H23FN2O2/c29-24-16-14-23(15-17-24)27(32)31-25-13-7-8-20(18-25)19-30-28(33)26(21-9-3-1-4-10-21)22-11-5-2-6-12-22/h1-18,26H,19H2,(H,30,33)(H,31,32). The van der Waals surface area contributed by atoms with Crippen LogP contribution in [0.2, 0.25) is 0 Å². The number of nitrogens with one attached hydrogen (secondary N) is 2. The molecule has 0 saturated carbocycles. The Hall–Kier alpha value is -4.25. The number of hydrogen-bond donors (Lipinski definition) is 2. The Morgan fingerprint density at radius 1 is 0.727 bits per heavy atom. The minimum Gasteiger partial charge on any atom is -0.351 e. The molecule has 0 atom stereocenters. The first-order valence-corrected chi connectivity index (χ1v) is 10.6. The Morgan fingerprint density at radius 3 is 1.94 bits per heavy atom. The van der Waals surface area contributed by atoms with Crippen LogP contribution in [-0.4, -0.2) is 11.8 Å². The molecule has 4 aromatic rings. The molecule has 0 aromatic heterocycles. The van der Waals surface area contributed by atoms with Gasteiger partial charge in [-0.15, -0.1) is 0 Å². The monoisotopic (exact) mass is 438 g/mol. The Bertz CT molecular complexity index is 1190. The van der Waals surface area contributed by atoms with Gasteiger partial charge in [-0.2, -0.15) is 0 Å². The van der Waals surface area contributed by atoms with Gasteiger partial charge in [-0.25, -0.2) is 4.39 Å². The third kappa shape index (κ3) is 5.71. The third-order valence-corrected chi connectivity index (χ3v) is 5.29. The maximum Gasteiger partial charge on any atom is 0.255 e. The van der Waals surface area contributed by atoms with Gasteiger partial charge in [0.15, 0.2) is 0 Å². The van der Waals surface area contributed by atoms with Gasteiger partial charge >= 0.3 is 0 Å². The Morgan fingerprint density at radius 2 is 1.33 bits per heavy atom. The van der Waals surface area contributed by atoms with Gasteiger partial charge in [-0.05, 0) is 53.1 Å². The van der Waals surface area contributed by atoms with Crippen LogP contribution in [0.3, 0.4) is 0 Å². The van der Waals surface area contributed by atoms with Crippen molar-refractivity contribution in [2.24, 2.45) is 0 Å². The van der Waals surface area contributed by atoms with E-state index in [9.17, 15) is 14.0 Å². The lowest BCUT2D eigenvalue weighted by atomic mass is 9.90. The van der Waals surface area contributed by atoms with Crippen LogP contribution in [0.1, 0.15) is 33.0 Å². The van der Waals surface area contributed by atoms with Crippen molar-refractivity contribution in [3.05, 3.63) is 137 Å². The largest absolute Gasteiger partial charge is 0.351 e. The summed E-state index contributed by atoms with van der Waals surface area (Å²) in [7, 11) is 0. The number of benzene rings is 4. The normalized spacial score (nSPS) is 10.6. The van der Waals surface area contributed by atoms with Crippen LogP contribution in [-0.2, 0) is 11.3 Å². The van der Waals surface area contributed by atoms with Crippen molar-refractivity contribution in [2.45, 2.75) is 12.5 Å². The lowest BCUT2D eigenvalue weighted by molar-refractivity contribution is -0.121. The van der Waals surface area contributed by atoms with Gasteiger partial charge in [0.05, 0.1) is 5.92 Å². The van der Waals surface area contributed by atoms with Crippen LogP contribution in [0.15, 0.2) is 109 Å². The highest BCUT2D eigenvalue weighted by Gasteiger charge is 2.22. The summed E-state index contributed by atoms with van der Waals surface area (Å²) in [5.41, 5.74) is 3.64. The number of halogens is 1. The molecule has 0 spiro atoms. The van der Waals surface area contributed by atoms with Gasteiger partial charge < -0.3 is 10.6 Å². The van der Waals surface area contributed by atoms with Gasteiger partial charge in [0.2, 0.25) is 5.91 Å². The molecule has 4 rings (SSSR count). The van der Waals surface area contributed by atoms with Crippen molar-refractivity contribution in [3.63, 3.8) is 0 Å². The van der Waals surface area contributed by atoms with E-state index in [2.05, 4.69) is 10.6 Å². The van der Waals surface area contributed by atoms with Crippen molar-refractivity contribution in [2.75, 3.05) is 5.32 Å². The molecule has 5 heteroatoms. The Labute approximate surface area is 192 Å². The number of hydrogen-bond acceptors (Lipinski definition) is 2. The SMILES string of the molecule is O=C(Nc1cccc(CNC(=O)C(c2ccccc2)c2ccccc2)c1)c1ccc(F)cc1. The number of carbonyl (C=O) groups is 2. The zero-order valence-corrected chi connectivity index (χ0v) is 17.9. The molecule has 0 aliphatic rings. The topological polar surface area (TPSA) is 58.2 Å². The summed E-state index contributed by atoms with van der Waals surface area (Å²) in [6, 6.07) is 32.0. The third-order valence-electron chi connectivity index (χ3n) is 5.29. The molecule has 0 aliphatic heterocycles. The lowest BCUT2D eigenvalue weighted by Gasteiger charge is -2.18. The van der Waals surface area contributed by atoms with Crippen molar-refractivity contribution < 1.29 is 14.0 Å². The molecule has 2 amide bonds. The molecule has 0 bridgehead atoms. The summed E-state index contributed by atoms with van der Waals surface area (Å²) < 4.78 is 13.1. The molecule has 0 heterocycles. The molecule has 164 valence electrons. The van der Waals surface area contributed by atoms with Crippen LogP contribution in [0.4, 0.5) is 10.1 Å². The summed E-state index contributed by atoms with van der Waals surface area (Å²) >= 11 is 0. The quantitative estimate of drug-likeness (QED) is 0.399. The van der Waals surface area contributed by atoms with Crippen LogP contribution < -0.4 is 10.6 Å². The maximum atomic E-state index is 13.2. The fourth-order valence-corrected chi connectivity index (χ4v) is 3.64. The number of carbonyl (C=O) groups excluding carboxylic acids is 2. The molecule has 4 aromatic carbocycles.